The number of aliphatic hydroxyl groups excluding tert-OH is 1. The highest BCUT2D eigenvalue weighted by atomic mass is 32.2. The van der Waals surface area contributed by atoms with E-state index in [9.17, 15) is 13.5 Å². The van der Waals surface area contributed by atoms with Crippen LogP contribution >= 0.6 is 0 Å². The smallest absolute Gasteiger partial charge is 0.243 e. The molecule has 0 amide bonds. The molecule has 1 atom stereocenters. The van der Waals surface area contributed by atoms with Gasteiger partial charge in [0.15, 0.2) is 0 Å². The number of nitrogens with one attached hydrogen (secondary N) is 1. The number of hydrogen-bond donors (Lipinski definition) is 2. The lowest BCUT2D eigenvalue weighted by atomic mass is 10.0. The Labute approximate surface area is 119 Å². The standard InChI is InChI=1S/C14H20N2O3S/c17-10-11-5-7-16(9-11)20(18,19)14-3-1-2-12-8-15-6-4-13(12)14/h1-3,11,15,17H,4-10H2. The summed E-state index contributed by atoms with van der Waals surface area (Å²) in [6, 6.07) is 5.52. The lowest BCUT2D eigenvalue weighted by Gasteiger charge is -2.23. The molecule has 5 nitrogen and oxygen atoms in total. The molecular weight excluding hydrogens is 276 g/mol. The van der Waals surface area contributed by atoms with Gasteiger partial charge in [-0.05, 0) is 42.5 Å². The molecule has 2 aliphatic heterocycles. The Morgan fingerprint density at radius 2 is 2.25 bits per heavy atom. The second-order valence-electron chi connectivity index (χ2n) is 5.52. The molecule has 20 heavy (non-hydrogen) atoms. The van der Waals surface area contributed by atoms with Gasteiger partial charge in [-0.15, -0.1) is 0 Å². The molecule has 110 valence electrons. The Bertz CT molecular complexity index is 600. The maximum absolute atomic E-state index is 12.8. The van der Waals surface area contributed by atoms with Gasteiger partial charge in [-0.1, -0.05) is 12.1 Å². The van der Waals surface area contributed by atoms with Crippen LogP contribution in [0.5, 0.6) is 0 Å². The molecular formula is C14H20N2O3S. The summed E-state index contributed by atoms with van der Waals surface area (Å²) in [7, 11) is -3.43. The minimum absolute atomic E-state index is 0.0584. The van der Waals surface area contributed by atoms with E-state index in [0.717, 1.165) is 37.1 Å². The van der Waals surface area contributed by atoms with Crippen molar-refractivity contribution in [2.24, 2.45) is 5.92 Å². The SMILES string of the molecule is O=S(=O)(c1cccc2c1CCNC2)N1CCC(CO)C1. The zero-order valence-electron chi connectivity index (χ0n) is 11.4. The quantitative estimate of drug-likeness (QED) is 0.844. The van der Waals surface area contributed by atoms with Crippen molar-refractivity contribution in [1.82, 2.24) is 9.62 Å². The topological polar surface area (TPSA) is 69.6 Å². The van der Waals surface area contributed by atoms with Gasteiger partial charge >= 0.3 is 0 Å². The summed E-state index contributed by atoms with van der Waals surface area (Å²) in [4.78, 5) is 0.454. The van der Waals surface area contributed by atoms with Crippen LogP contribution in [0.25, 0.3) is 0 Å². The predicted molar refractivity (Wildman–Crippen MR) is 75.8 cm³/mol. The zero-order valence-corrected chi connectivity index (χ0v) is 12.2. The third kappa shape index (κ3) is 2.37. The third-order valence-electron chi connectivity index (χ3n) is 4.22. The normalized spacial score (nSPS) is 23.8. The Balaban J connectivity index is 1.96. The molecule has 2 heterocycles. The van der Waals surface area contributed by atoms with E-state index in [2.05, 4.69) is 5.32 Å². The van der Waals surface area contributed by atoms with Crippen molar-refractivity contribution >= 4 is 10.0 Å². The highest BCUT2D eigenvalue weighted by molar-refractivity contribution is 7.89. The summed E-state index contributed by atoms with van der Waals surface area (Å²) in [5.41, 5.74) is 2.04. The minimum atomic E-state index is -3.43. The third-order valence-corrected chi connectivity index (χ3v) is 6.17. The van der Waals surface area contributed by atoms with Crippen molar-refractivity contribution < 1.29 is 13.5 Å². The van der Waals surface area contributed by atoms with Crippen LogP contribution in [0.1, 0.15) is 17.5 Å². The second kappa shape index (κ2) is 5.44. The zero-order chi connectivity index (χ0) is 14.2. The van der Waals surface area contributed by atoms with Gasteiger partial charge in [0.2, 0.25) is 10.0 Å². The molecule has 0 bridgehead atoms. The van der Waals surface area contributed by atoms with E-state index in [0.29, 0.717) is 18.0 Å². The van der Waals surface area contributed by atoms with Gasteiger partial charge in [-0.3, -0.25) is 0 Å². The van der Waals surface area contributed by atoms with Crippen LogP contribution in [0, 0.1) is 5.92 Å². The molecule has 0 aromatic heterocycles. The van der Waals surface area contributed by atoms with Gasteiger partial charge in [0.05, 0.1) is 4.90 Å². The minimum Gasteiger partial charge on any atom is -0.396 e. The van der Waals surface area contributed by atoms with Crippen molar-refractivity contribution in [2.45, 2.75) is 24.3 Å². The fourth-order valence-corrected chi connectivity index (χ4v) is 4.87. The van der Waals surface area contributed by atoms with Crippen LogP contribution in [-0.4, -0.2) is 44.1 Å². The molecule has 1 unspecified atom stereocenters. The Kier molecular flexibility index (Phi) is 3.81. The summed E-state index contributed by atoms with van der Waals surface area (Å²) in [5.74, 6) is 0.0750. The average molecular weight is 296 g/mol. The van der Waals surface area contributed by atoms with Gasteiger partial charge in [-0.25, -0.2) is 8.42 Å². The van der Waals surface area contributed by atoms with E-state index in [1.807, 2.05) is 12.1 Å². The van der Waals surface area contributed by atoms with Crippen molar-refractivity contribution in [3.63, 3.8) is 0 Å². The Hall–Kier alpha value is -0.950. The lowest BCUT2D eigenvalue weighted by Crippen LogP contribution is -2.32. The predicted octanol–water partition coefficient (Wildman–Crippen LogP) is 0.335. The average Bonchev–Trinajstić information content (AvgIpc) is 2.96. The molecule has 2 N–H and O–H groups in total. The summed E-state index contributed by atoms with van der Waals surface area (Å²) < 4.78 is 27.1. The first-order chi connectivity index (χ1) is 9.63. The van der Waals surface area contributed by atoms with Crippen LogP contribution in [0.2, 0.25) is 0 Å². The molecule has 1 aromatic rings. The fourth-order valence-electron chi connectivity index (χ4n) is 3.04. The summed E-state index contributed by atoms with van der Waals surface area (Å²) in [5, 5.41) is 12.4. The van der Waals surface area contributed by atoms with E-state index in [4.69, 9.17) is 0 Å². The first kappa shape index (κ1) is 14.0. The molecule has 1 aromatic carbocycles. The molecule has 1 saturated heterocycles. The molecule has 0 radical (unpaired) electrons. The van der Waals surface area contributed by atoms with Crippen molar-refractivity contribution in [3.05, 3.63) is 29.3 Å². The van der Waals surface area contributed by atoms with Crippen molar-refractivity contribution in [1.29, 1.82) is 0 Å². The van der Waals surface area contributed by atoms with E-state index in [1.165, 1.54) is 4.31 Å². The maximum atomic E-state index is 12.8. The molecule has 3 rings (SSSR count). The van der Waals surface area contributed by atoms with Crippen LogP contribution in [0.15, 0.2) is 23.1 Å². The molecule has 6 heteroatoms. The molecule has 1 fully saturated rings. The number of rotatable bonds is 3. The second-order valence-corrected chi connectivity index (χ2v) is 7.43. The number of fused-ring (bicyclic) bond motifs is 1. The Morgan fingerprint density at radius 3 is 3.00 bits per heavy atom. The van der Waals surface area contributed by atoms with Crippen LogP contribution in [0.4, 0.5) is 0 Å². The van der Waals surface area contributed by atoms with Gasteiger partial charge in [0.1, 0.15) is 0 Å². The number of benzene rings is 1. The first-order valence-corrected chi connectivity index (χ1v) is 8.49. The van der Waals surface area contributed by atoms with E-state index < -0.39 is 10.0 Å². The van der Waals surface area contributed by atoms with Gasteiger partial charge < -0.3 is 10.4 Å². The number of nitrogens with zero attached hydrogens (tertiary/aromatic N) is 1. The van der Waals surface area contributed by atoms with Crippen molar-refractivity contribution in [3.8, 4) is 0 Å². The van der Waals surface area contributed by atoms with Gasteiger partial charge in [0.25, 0.3) is 0 Å². The largest absolute Gasteiger partial charge is 0.396 e. The summed E-state index contributed by atoms with van der Waals surface area (Å²) in [6.07, 6.45) is 1.49. The Morgan fingerprint density at radius 1 is 1.40 bits per heavy atom. The molecule has 0 spiro atoms. The highest BCUT2D eigenvalue weighted by Crippen LogP contribution is 2.29. The van der Waals surface area contributed by atoms with E-state index >= 15 is 0 Å². The lowest BCUT2D eigenvalue weighted by molar-refractivity contribution is 0.233. The fraction of sp³-hybridized carbons (Fsp3) is 0.571. The summed E-state index contributed by atoms with van der Waals surface area (Å²) in [6.45, 7) is 2.55. The number of hydrogen-bond acceptors (Lipinski definition) is 4. The molecule has 0 saturated carbocycles. The van der Waals surface area contributed by atoms with E-state index in [-0.39, 0.29) is 12.5 Å². The molecule has 0 aliphatic carbocycles. The first-order valence-electron chi connectivity index (χ1n) is 7.05. The van der Waals surface area contributed by atoms with Crippen LogP contribution < -0.4 is 5.32 Å². The summed E-state index contributed by atoms with van der Waals surface area (Å²) >= 11 is 0. The van der Waals surface area contributed by atoms with Gasteiger partial charge in [-0.2, -0.15) is 4.31 Å². The molecule has 2 aliphatic rings. The van der Waals surface area contributed by atoms with Crippen LogP contribution in [0.3, 0.4) is 0 Å². The number of sulfonamides is 1. The maximum Gasteiger partial charge on any atom is 0.243 e. The van der Waals surface area contributed by atoms with Crippen molar-refractivity contribution in [2.75, 3.05) is 26.2 Å². The highest BCUT2D eigenvalue weighted by Gasteiger charge is 2.34. The monoisotopic (exact) mass is 296 g/mol. The van der Waals surface area contributed by atoms with Gasteiger partial charge in [0, 0.05) is 26.2 Å². The van der Waals surface area contributed by atoms with E-state index in [1.54, 1.807) is 6.07 Å². The number of aliphatic hydroxyl groups is 1. The van der Waals surface area contributed by atoms with Crippen LogP contribution in [-0.2, 0) is 23.0 Å².